The number of carbonyl (C=O) groups is 1. The van der Waals surface area contributed by atoms with Crippen molar-refractivity contribution < 1.29 is 13.6 Å². The summed E-state index contributed by atoms with van der Waals surface area (Å²) >= 11 is 0. The summed E-state index contributed by atoms with van der Waals surface area (Å²) in [5, 5.41) is 11.2. The van der Waals surface area contributed by atoms with Crippen LogP contribution in [0.4, 0.5) is 8.78 Å². The maximum atomic E-state index is 13.5. The highest BCUT2D eigenvalue weighted by Gasteiger charge is 2.18. The number of rotatable bonds is 3. The summed E-state index contributed by atoms with van der Waals surface area (Å²) in [6.07, 6.45) is 0.940. The predicted octanol–water partition coefficient (Wildman–Crippen LogP) is 2.12. The number of nitrogens with one attached hydrogen (secondary N) is 1. The molecular formula is C14H10F2N4O. The van der Waals surface area contributed by atoms with Crippen LogP contribution < -0.4 is 5.32 Å². The molecule has 1 heterocycles. The fourth-order valence-electron chi connectivity index (χ4n) is 1.67. The van der Waals surface area contributed by atoms with Gasteiger partial charge in [0.2, 0.25) is 5.95 Å². The van der Waals surface area contributed by atoms with E-state index >= 15 is 0 Å². The van der Waals surface area contributed by atoms with Crippen molar-refractivity contribution in [3.63, 3.8) is 0 Å². The number of benzene rings is 1. The molecule has 2 aromatic rings. The average molecular weight is 288 g/mol. The third-order valence-corrected chi connectivity index (χ3v) is 2.78. The van der Waals surface area contributed by atoms with Crippen LogP contribution in [0.1, 0.15) is 34.7 Å². The molecule has 2 rings (SSSR count). The van der Waals surface area contributed by atoms with Crippen molar-refractivity contribution in [2.75, 3.05) is 0 Å². The number of carbonyl (C=O) groups excluding carboxylic acids is 1. The Balaban J connectivity index is 2.18. The summed E-state index contributed by atoms with van der Waals surface area (Å²) < 4.78 is 26.3. The van der Waals surface area contributed by atoms with Gasteiger partial charge in [0.25, 0.3) is 5.91 Å². The minimum atomic E-state index is -1.06. The van der Waals surface area contributed by atoms with Gasteiger partial charge in [-0.15, -0.1) is 0 Å². The molecule has 21 heavy (non-hydrogen) atoms. The van der Waals surface area contributed by atoms with Crippen LogP contribution in [-0.4, -0.2) is 15.9 Å². The highest BCUT2D eigenvalue weighted by Crippen LogP contribution is 2.14. The van der Waals surface area contributed by atoms with Gasteiger partial charge in [-0.2, -0.15) is 9.65 Å². The highest BCUT2D eigenvalue weighted by atomic mass is 19.1. The monoisotopic (exact) mass is 288 g/mol. The lowest BCUT2D eigenvalue weighted by molar-refractivity contribution is 0.0929. The third kappa shape index (κ3) is 3.36. The number of hydrogen-bond donors (Lipinski definition) is 1. The van der Waals surface area contributed by atoms with Gasteiger partial charge in [-0.1, -0.05) is 12.1 Å². The Morgan fingerprint density at radius 2 is 2.00 bits per heavy atom. The van der Waals surface area contributed by atoms with Gasteiger partial charge in [0, 0.05) is 0 Å². The van der Waals surface area contributed by atoms with Gasteiger partial charge in [-0.05, 0) is 24.6 Å². The molecule has 106 valence electrons. The van der Waals surface area contributed by atoms with Crippen LogP contribution in [0.25, 0.3) is 0 Å². The van der Waals surface area contributed by atoms with Crippen LogP contribution in [-0.2, 0) is 0 Å². The van der Waals surface area contributed by atoms with Crippen LogP contribution in [0.3, 0.4) is 0 Å². The maximum absolute atomic E-state index is 13.5. The number of amides is 1. The van der Waals surface area contributed by atoms with E-state index in [2.05, 4.69) is 15.3 Å². The number of hydrogen-bond acceptors (Lipinski definition) is 4. The summed E-state index contributed by atoms with van der Waals surface area (Å²) in [6, 6.07) is 6.73. The Hall–Kier alpha value is -2.88. The molecule has 0 bridgehead atoms. The standard InChI is InChI=1S/C14H10F2N4O/c1-8(9-2-4-10(15)5-3-9)19-14(21)12-13(16)18-7-11(6-17)20-12/h2-5,7-8H,1H3,(H,19,21)/t8-/m0/s1. The first-order valence-corrected chi connectivity index (χ1v) is 6.00. The quantitative estimate of drug-likeness (QED) is 0.938. The molecule has 0 aliphatic heterocycles. The first kappa shape index (κ1) is 14.5. The molecular weight excluding hydrogens is 278 g/mol. The zero-order valence-corrected chi connectivity index (χ0v) is 11.0. The Labute approximate surface area is 119 Å². The number of aromatic nitrogens is 2. The van der Waals surface area contributed by atoms with Crippen molar-refractivity contribution in [1.82, 2.24) is 15.3 Å². The number of nitriles is 1. The first-order valence-electron chi connectivity index (χ1n) is 6.00. The van der Waals surface area contributed by atoms with E-state index in [-0.39, 0.29) is 5.69 Å². The molecule has 0 aliphatic carbocycles. The van der Waals surface area contributed by atoms with Crippen LogP contribution in [0.2, 0.25) is 0 Å². The SMILES string of the molecule is C[C@H](NC(=O)c1nc(C#N)cnc1F)c1ccc(F)cc1. The molecule has 1 atom stereocenters. The second-order valence-electron chi connectivity index (χ2n) is 4.25. The topological polar surface area (TPSA) is 78.7 Å². The molecule has 1 N–H and O–H groups in total. The lowest BCUT2D eigenvalue weighted by atomic mass is 10.1. The second kappa shape index (κ2) is 6.05. The molecule has 7 heteroatoms. The summed E-state index contributed by atoms with van der Waals surface area (Å²) in [6.45, 7) is 1.66. The molecule has 0 radical (unpaired) electrons. The fraction of sp³-hybridized carbons (Fsp3) is 0.143. The van der Waals surface area contributed by atoms with E-state index in [0.717, 1.165) is 6.20 Å². The molecule has 0 spiro atoms. The minimum Gasteiger partial charge on any atom is -0.344 e. The largest absolute Gasteiger partial charge is 0.344 e. The Bertz CT molecular complexity index is 710. The average Bonchev–Trinajstić information content (AvgIpc) is 2.48. The van der Waals surface area contributed by atoms with Gasteiger partial charge in [0.15, 0.2) is 11.4 Å². The van der Waals surface area contributed by atoms with Gasteiger partial charge in [0.05, 0.1) is 12.2 Å². The van der Waals surface area contributed by atoms with Crippen molar-refractivity contribution in [3.05, 3.63) is 59.2 Å². The Kier molecular flexibility index (Phi) is 4.18. The van der Waals surface area contributed by atoms with Crippen molar-refractivity contribution in [3.8, 4) is 6.07 Å². The van der Waals surface area contributed by atoms with E-state index in [1.54, 1.807) is 13.0 Å². The van der Waals surface area contributed by atoms with E-state index in [1.807, 2.05) is 0 Å². The smallest absolute Gasteiger partial charge is 0.275 e. The predicted molar refractivity (Wildman–Crippen MR) is 69.0 cm³/mol. The van der Waals surface area contributed by atoms with Crippen LogP contribution in [0.15, 0.2) is 30.5 Å². The van der Waals surface area contributed by atoms with Crippen LogP contribution >= 0.6 is 0 Å². The number of halogens is 2. The zero-order chi connectivity index (χ0) is 15.4. The van der Waals surface area contributed by atoms with Crippen molar-refractivity contribution >= 4 is 5.91 Å². The van der Waals surface area contributed by atoms with Gasteiger partial charge in [-0.3, -0.25) is 4.79 Å². The summed E-state index contributed by atoms with van der Waals surface area (Å²) in [5.74, 6) is -2.25. The molecule has 0 saturated carbocycles. The van der Waals surface area contributed by atoms with Crippen LogP contribution in [0, 0.1) is 23.1 Å². The molecule has 0 unspecified atom stereocenters. The molecule has 5 nitrogen and oxygen atoms in total. The molecule has 0 saturated heterocycles. The molecule has 1 aromatic heterocycles. The summed E-state index contributed by atoms with van der Waals surface area (Å²) in [4.78, 5) is 18.8. The Morgan fingerprint density at radius 3 is 2.62 bits per heavy atom. The fourth-order valence-corrected chi connectivity index (χ4v) is 1.67. The number of nitrogens with zero attached hydrogens (tertiary/aromatic N) is 3. The minimum absolute atomic E-state index is 0.156. The van der Waals surface area contributed by atoms with Gasteiger partial charge in [-0.25, -0.2) is 14.4 Å². The zero-order valence-electron chi connectivity index (χ0n) is 11.0. The van der Waals surface area contributed by atoms with Gasteiger partial charge < -0.3 is 5.32 Å². The molecule has 0 aliphatic rings. The lowest BCUT2D eigenvalue weighted by Crippen LogP contribution is -2.29. The summed E-state index contributed by atoms with van der Waals surface area (Å²) in [5.41, 5.74) is -0.0615. The molecule has 1 amide bonds. The van der Waals surface area contributed by atoms with Crippen molar-refractivity contribution in [2.45, 2.75) is 13.0 Å². The van der Waals surface area contributed by atoms with Crippen LogP contribution in [0.5, 0.6) is 0 Å². The van der Waals surface area contributed by atoms with Crippen molar-refractivity contribution in [1.29, 1.82) is 5.26 Å². The van der Waals surface area contributed by atoms with E-state index in [9.17, 15) is 13.6 Å². The van der Waals surface area contributed by atoms with E-state index < -0.39 is 29.4 Å². The lowest BCUT2D eigenvalue weighted by Gasteiger charge is -2.14. The van der Waals surface area contributed by atoms with E-state index in [4.69, 9.17) is 5.26 Å². The van der Waals surface area contributed by atoms with Crippen molar-refractivity contribution in [2.24, 2.45) is 0 Å². The van der Waals surface area contributed by atoms with Gasteiger partial charge >= 0.3 is 0 Å². The first-order chi connectivity index (χ1) is 10.0. The van der Waals surface area contributed by atoms with Gasteiger partial charge in [0.1, 0.15) is 11.9 Å². The normalized spacial score (nSPS) is 11.5. The maximum Gasteiger partial charge on any atom is 0.275 e. The highest BCUT2D eigenvalue weighted by molar-refractivity contribution is 5.92. The summed E-state index contributed by atoms with van der Waals surface area (Å²) in [7, 11) is 0. The molecule has 1 aromatic carbocycles. The Morgan fingerprint density at radius 1 is 1.33 bits per heavy atom. The van der Waals surface area contributed by atoms with E-state index in [1.165, 1.54) is 24.3 Å². The van der Waals surface area contributed by atoms with E-state index in [0.29, 0.717) is 5.56 Å². The third-order valence-electron chi connectivity index (χ3n) is 2.78. The molecule has 0 fully saturated rings. The second-order valence-corrected chi connectivity index (χ2v) is 4.25.